The Hall–Kier alpha value is -0.240. The van der Waals surface area contributed by atoms with Gasteiger partial charge in [0.25, 0.3) is 0 Å². The third-order valence-corrected chi connectivity index (χ3v) is 3.74. The lowest BCUT2D eigenvalue weighted by Crippen LogP contribution is -2.31. The molecule has 1 aliphatic heterocycles. The van der Waals surface area contributed by atoms with Crippen molar-refractivity contribution in [1.29, 1.82) is 5.26 Å². The van der Waals surface area contributed by atoms with E-state index in [1.807, 2.05) is 18.7 Å². The molecule has 1 atom stereocenters. The lowest BCUT2D eigenvalue weighted by molar-refractivity contribution is 0.1000. The van der Waals surface area contributed by atoms with Crippen LogP contribution in [0.1, 0.15) is 19.8 Å². The quantitative estimate of drug-likeness (QED) is 0.751. The van der Waals surface area contributed by atoms with Crippen molar-refractivity contribution in [3.8, 4) is 6.07 Å². The first kappa shape index (κ1) is 11.8. The Bertz CT molecular complexity index is 187. The van der Waals surface area contributed by atoms with Gasteiger partial charge in [0.05, 0.1) is 6.07 Å². The minimum absolute atomic E-state index is 0.00726. The topological polar surface area (TPSA) is 45.0 Å². The van der Waals surface area contributed by atoms with Gasteiger partial charge in [0.15, 0.2) is 0 Å². The zero-order valence-electron chi connectivity index (χ0n) is 8.66. The van der Waals surface area contributed by atoms with Gasteiger partial charge in [0, 0.05) is 24.2 Å². The predicted octanol–water partition coefficient (Wildman–Crippen LogP) is 1.40. The van der Waals surface area contributed by atoms with Crippen LogP contribution < -0.4 is 5.32 Å². The third-order valence-electron chi connectivity index (χ3n) is 2.27. The fourth-order valence-electron chi connectivity index (χ4n) is 1.46. The van der Waals surface area contributed by atoms with E-state index in [1.54, 1.807) is 0 Å². The van der Waals surface area contributed by atoms with Gasteiger partial charge in [-0.2, -0.15) is 17.0 Å². The van der Waals surface area contributed by atoms with Gasteiger partial charge in [0.1, 0.15) is 6.04 Å². The Morgan fingerprint density at radius 1 is 1.57 bits per heavy atom. The summed E-state index contributed by atoms with van der Waals surface area (Å²) in [6, 6.07) is 2.29. The van der Waals surface area contributed by atoms with E-state index in [1.165, 1.54) is 0 Å². The van der Waals surface area contributed by atoms with Crippen LogP contribution in [0.3, 0.4) is 0 Å². The smallest absolute Gasteiger partial charge is 0.104 e. The highest BCUT2D eigenvalue weighted by molar-refractivity contribution is 7.99. The highest BCUT2D eigenvalue weighted by atomic mass is 32.2. The van der Waals surface area contributed by atoms with Crippen LogP contribution in [0.15, 0.2) is 0 Å². The lowest BCUT2D eigenvalue weighted by Gasteiger charge is -2.22. The van der Waals surface area contributed by atoms with Gasteiger partial charge in [-0.05, 0) is 19.4 Å². The molecule has 0 aliphatic carbocycles. The molecule has 3 nitrogen and oxygen atoms in total. The fourth-order valence-corrected chi connectivity index (χ4v) is 2.65. The average Bonchev–Trinajstić information content (AvgIpc) is 2.25. The number of hydrogen-bond donors (Lipinski definition) is 1. The molecule has 80 valence electrons. The highest BCUT2D eigenvalue weighted by Gasteiger charge is 2.16. The van der Waals surface area contributed by atoms with Crippen LogP contribution in [0, 0.1) is 11.3 Å². The summed E-state index contributed by atoms with van der Waals surface area (Å²) in [5.74, 6) is 0.898. The second-order valence-corrected chi connectivity index (χ2v) is 4.72. The van der Waals surface area contributed by atoms with Gasteiger partial charge in [-0.25, -0.2) is 0 Å². The van der Waals surface area contributed by atoms with E-state index >= 15 is 0 Å². The van der Waals surface area contributed by atoms with Crippen LogP contribution in [-0.4, -0.2) is 36.8 Å². The van der Waals surface area contributed by atoms with Crippen LogP contribution in [0.4, 0.5) is 0 Å². The predicted molar refractivity (Wildman–Crippen MR) is 59.4 cm³/mol. The van der Waals surface area contributed by atoms with E-state index in [0.29, 0.717) is 5.25 Å². The molecule has 0 radical (unpaired) electrons. The molecular formula is C10H18N2OS. The molecule has 1 saturated heterocycles. The van der Waals surface area contributed by atoms with Crippen molar-refractivity contribution < 1.29 is 4.74 Å². The maximum absolute atomic E-state index is 8.84. The fraction of sp³-hybridized carbons (Fsp3) is 0.900. The van der Waals surface area contributed by atoms with Gasteiger partial charge in [0.2, 0.25) is 0 Å². The molecule has 1 N–H and O–H groups in total. The summed E-state index contributed by atoms with van der Waals surface area (Å²) in [6.07, 6.45) is 2.27. The minimum atomic E-state index is 0.00726. The summed E-state index contributed by atoms with van der Waals surface area (Å²) in [6.45, 7) is 4.67. The Morgan fingerprint density at radius 2 is 2.29 bits per heavy atom. The third kappa shape index (κ3) is 4.32. The number of nitrogens with zero attached hydrogens (tertiary/aromatic N) is 1. The van der Waals surface area contributed by atoms with E-state index < -0.39 is 0 Å². The largest absolute Gasteiger partial charge is 0.381 e. The first-order chi connectivity index (χ1) is 6.86. The van der Waals surface area contributed by atoms with Crippen molar-refractivity contribution in [2.75, 3.05) is 25.5 Å². The van der Waals surface area contributed by atoms with Crippen molar-refractivity contribution in [1.82, 2.24) is 5.32 Å². The highest BCUT2D eigenvalue weighted by Crippen LogP contribution is 2.22. The molecular weight excluding hydrogens is 196 g/mol. The van der Waals surface area contributed by atoms with Crippen LogP contribution in [0.25, 0.3) is 0 Å². The Morgan fingerprint density at radius 3 is 2.86 bits per heavy atom. The molecule has 1 aliphatic rings. The number of nitrogens with one attached hydrogen (secondary N) is 1. The Balaban J connectivity index is 2.14. The standard InChI is InChI=1S/C10H18N2OS/c1-2-12-9(7-11)8-14-10-3-5-13-6-4-10/h9-10,12H,2-6,8H2,1H3. The average molecular weight is 214 g/mol. The Labute approximate surface area is 90.2 Å². The molecule has 0 amide bonds. The molecule has 0 spiro atoms. The number of hydrogen-bond acceptors (Lipinski definition) is 4. The molecule has 4 heteroatoms. The molecule has 1 fully saturated rings. The first-order valence-corrected chi connectivity index (χ1v) is 6.24. The molecule has 1 heterocycles. The first-order valence-electron chi connectivity index (χ1n) is 5.19. The second-order valence-electron chi connectivity index (χ2n) is 3.38. The van der Waals surface area contributed by atoms with E-state index in [2.05, 4.69) is 11.4 Å². The summed E-state index contributed by atoms with van der Waals surface area (Å²) >= 11 is 1.90. The van der Waals surface area contributed by atoms with Crippen LogP contribution in [0.2, 0.25) is 0 Å². The Kier molecular flexibility index (Phi) is 6.00. The molecule has 1 rings (SSSR count). The summed E-state index contributed by atoms with van der Waals surface area (Å²) < 4.78 is 5.29. The van der Waals surface area contributed by atoms with Crippen molar-refractivity contribution >= 4 is 11.8 Å². The molecule has 14 heavy (non-hydrogen) atoms. The normalized spacial score (nSPS) is 20.3. The summed E-state index contributed by atoms with van der Waals surface area (Å²) in [5, 5.41) is 12.7. The van der Waals surface area contributed by atoms with Crippen molar-refractivity contribution in [2.45, 2.75) is 31.1 Å². The maximum atomic E-state index is 8.84. The van der Waals surface area contributed by atoms with Gasteiger partial charge in [-0.3, -0.25) is 0 Å². The van der Waals surface area contributed by atoms with Gasteiger partial charge in [-0.1, -0.05) is 6.92 Å². The number of thioether (sulfide) groups is 1. The summed E-state index contributed by atoms with van der Waals surface area (Å²) in [4.78, 5) is 0. The van der Waals surface area contributed by atoms with Gasteiger partial charge in [-0.15, -0.1) is 0 Å². The maximum Gasteiger partial charge on any atom is 0.104 e. The van der Waals surface area contributed by atoms with E-state index in [-0.39, 0.29) is 6.04 Å². The van der Waals surface area contributed by atoms with E-state index in [9.17, 15) is 0 Å². The number of rotatable bonds is 5. The monoisotopic (exact) mass is 214 g/mol. The van der Waals surface area contributed by atoms with Crippen molar-refractivity contribution in [3.05, 3.63) is 0 Å². The lowest BCUT2D eigenvalue weighted by atomic mass is 10.2. The zero-order valence-corrected chi connectivity index (χ0v) is 9.48. The van der Waals surface area contributed by atoms with E-state index in [4.69, 9.17) is 10.00 Å². The SMILES string of the molecule is CCNC(C#N)CSC1CCOCC1. The molecule has 0 saturated carbocycles. The van der Waals surface area contributed by atoms with Crippen LogP contribution in [-0.2, 0) is 4.74 Å². The zero-order chi connectivity index (χ0) is 10.2. The summed E-state index contributed by atoms with van der Waals surface area (Å²) in [5.41, 5.74) is 0. The minimum Gasteiger partial charge on any atom is -0.381 e. The van der Waals surface area contributed by atoms with E-state index in [0.717, 1.165) is 38.4 Å². The van der Waals surface area contributed by atoms with Crippen molar-refractivity contribution in [2.24, 2.45) is 0 Å². The van der Waals surface area contributed by atoms with Crippen LogP contribution in [0.5, 0.6) is 0 Å². The van der Waals surface area contributed by atoms with Gasteiger partial charge >= 0.3 is 0 Å². The number of nitriles is 1. The van der Waals surface area contributed by atoms with Gasteiger partial charge < -0.3 is 10.1 Å². The van der Waals surface area contributed by atoms with Crippen molar-refractivity contribution in [3.63, 3.8) is 0 Å². The molecule has 1 unspecified atom stereocenters. The molecule has 0 aromatic rings. The molecule has 0 bridgehead atoms. The molecule has 0 aromatic heterocycles. The summed E-state index contributed by atoms with van der Waals surface area (Å²) in [7, 11) is 0. The number of ether oxygens (including phenoxy) is 1. The second kappa shape index (κ2) is 7.10. The molecule has 0 aromatic carbocycles. The van der Waals surface area contributed by atoms with Crippen LogP contribution >= 0.6 is 11.8 Å².